The zero-order valence-electron chi connectivity index (χ0n) is 7.21. The van der Waals surface area contributed by atoms with E-state index < -0.39 is 0 Å². The van der Waals surface area contributed by atoms with E-state index in [1.807, 2.05) is 0 Å². The van der Waals surface area contributed by atoms with Crippen LogP contribution >= 0.6 is 0 Å². The molecule has 0 aromatic heterocycles. The molecule has 12 heavy (non-hydrogen) atoms. The number of unbranched alkanes of at least 4 members (excludes halogenated alkanes) is 2. The van der Waals surface area contributed by atoms with Gasteiger partial charge in [0.15, 0.2) is 5.78 Å². The Labute approximate surface area is 72.7 Å². The lowest BCUT2D eigenvalue weighted by molar-refractivity contribution is -0.114. The highest BCUT2D eigenvalue weighted by atomic mass is 16.1. The van der Waals surface area contributed by atoms with Crippen LogP contribution in [-0.2, 0) is 9.59 Å². The normalized spacial score (nSPS) is 16.3. The van der Waals surface area contributed by atoms with Crippen LogP contribution in [0.15, 0.2) is 11.6 Å². The lowest BCUT2D eigenvalue weighted by Crippen LogP contribution is -1.81. The second kappa shape index (κ2) is 4.86. The van der Waals surface area contributed by atoms with Gasteiger partial charge in [0.2, 0.25) is 0 Å². The van der Waals surface area contributed by atoms with Gasteiger partial charge in [-0.15, -0.1) is 0 Å². The quantitative estimate of drug-likeness (QED) is 0.462. The second-order valence-corrected chi connectivity index (χ2v) is 3.18. The molecule has 2 nitrogen and oxygen atoms in total. The molecule has 0 aliphatic heterocycles. The molecule has 0 fully saturated rings. The van der Waals surface area contributed by atoms with Gasteiger partial charge < -0.3 is 4.79 Å². The molecule has 0 atom stereocenters. The maximum absolute atomic E-state index is 10.8. The number of ketones is 1. The summed E-state index contributed by atoms with van der Waals surface area (Å²) in [6.45, 7) is 0. The number of rotatable bonds is 5. The third-order valence-corrected chi connectivity index (χ3v) is 2.13. The molecular formula is C10H14O2. The molecule has 0 unspecified atom stereocenters. The molecule has 0 N–H and O–H groups in total. The van der Waals surface area contributed by atoms with Crippen LogP contribution in [0.1, 0.15) is 38.5 Å². The van der Waals surface area contributed by atoms with Crippen LogP contribution in [0.5, 0.6) is 0 Å². The number of hydrogen-bond acceptors (Lipinski definition) is 2. The van der Waals surface area contributed by atoms with Crippen molar-refractivity contribution in [3.8, 4) is 0 Å². The lowest BCUT2D eigenvalue weighted by Gasteiger charge is -1.97. The minimum atomic E-state index is 0.264. The zero-order chi connectivity index (χ0) is 8.81. The average molecular weight is 166 g/mol. The Bertz CT molecular complexity index is 204. The Morgan fingerprint density at radius 2 is 2.17 bits per heavy atom. The minimum Gasteiger partial charge on any atom is -0.303 e. The predicted octanol–water partition coefficient (Wildman–Crippen LogP) is 2.04. The molecule has 0 saturated heterocycles. The standard InChI is InChI=1S/C10H14O2/c11-7-3-1-2-4-9-5-6-10(12)8-9/h7-8H,1-6H2. The van der Waals surface area contributed by atoms with Crippen LogP contribution in [-0.4, -0.2) is 12.1 Å². The average Bonchev–Trinajstić information content (AvgIpc) is 2.45. The van der Waals surface area contributed by atoms with Gasteiger partial charge in [0.05, 0.1) is 0 Å². The number of aldehydes is 1. The molecule has 0 radical (unpaired) electrons. The number of allylic oxidation sites excluding steroid dienone is 2. The van der Waals surface area contributed by atoms with Crippen LogP contribution in [0.25, 0.3) is 0 Å². The van der Waals surface area contributed by atoms with Crippen molar-refractivity contribution in [3.05, 3.63) is 11.6 Å². The summed E-state index contributed by atoms with van der Waals surface area (Å²) in [5, 5.41) is 0. The molecule has 0 aromatic rings. The van der Waals surface area contributed by atoms with Crippen LogP contribution < -0.4 is 0 Å². The van der Waals surface area contributed by atoms with Crippen molar-refractivity contribution >= 4 is 12.1 Å². The SMILES string of the molecule is O=CCCCCC1=CC(=O)CC1. The first kappa shape index (κ1) is 9.17. The molecule has 0 amide bonds. The summed E-state index contributed by atoms with van der Waals surface area (Å²) in [6.07, 6.45) is 8.01. The Morgan fingerprint density at radius 3 is 2.75 bits per heavy atom. The maximum atomic E-state index is 10.8. The summed E-state index contributed by atoms with van der Waals surface area (Å²) >= 11 is 0. The topological polar surface area (TPSA) is 34.1 Å². The fourth-order valence-electron chi connectivity index (χ4n) is 1.43. The van der Waals surface area contributed by atoms with E-state index in [0.717, 1.165) is 32.0 Å². The maximum Gasteiger partial charge on any atom is 0.155 e. The molecular weight excluding hydrogens is 152 g/mol. The molecule has 1 rings (SSSR count). The third kappa shape index (κ3) is 2.99. The first-order chi connectivity index (χ1) is 5.83. The Kier molecular flexibility index (Phi) is 3.71. The molecule has 0 aromatic carbocycles. The van der Waals surface area contributed by atoms with Gasteiger partial charge in [-0.1, -0.05) is 5.57 Å². The molecule has 0 saturated carbocycles. The van der Waals surface area contributed by atoms with Gasteiger partial charge in [-0.05, 0) is 31.8 Å². The highest BCUT2D eigenvalue weighted by Crippen LogP contribution is 2.20. The number of hydrogen-bond donors (Lipinski definition) is 0. The monoisotopic (exact) mass is 166 g/mol. The van der Waals surface area contributed by atoms with Crippen LogP contribution in [0.4, 0.5) is 0 Å². The third-order valence-electron chi connectivity index (χ3n) is 2.13. The lowest BCUT2D eigenvalue weighted by atomic mass is 10.1. The minimum absolute atomic E-state index is 0.264. The largest absolute Gasteiger partial charge is 0.303 e. The number of carbonyl (C=O) groups is 2. The van der Waals surface area contributed by atoms with Gasteiger partial charge in [-0.2, -0.15) is 0 Å². The summed E-state index contributed by atoms with van der Waals surface area (Å²) in [5.74, 6) is 0.264. The smallest absolute Gasteiger partial charge is 0.155 e. The van der Waals surface area contributed by atoms with Crippen LogP contribution in [0.2, 0.25) is 0 Å². The Balaban J connectivity index is 2.11. The van der Waals surface area contributed by atoms with E-state index in [9.17, 15) is 9.59 Å². The molecule has 0 heterocycles. The van der Waals surface area contributed by atoms with Gasteiger partial charge in [0.1, 0.15) is 6.29 Å². The summed E-state index contributed by atoms with van der Waals surface area (Å²) in [6, 6.07) is 0. The van der Waals surface area contributed by atoms with E-state index in [1.54, 1.807) is 6.08 Å². The Hall–Kier alpha value is -0.920. The van der Waals surface area contributed by atoms with Crippen molar-refractivity contribution in [3.63, 3.8) is 0 Å². The molecule has 1 aliphatic carbocycles. The van der Waals surface area contributed by atoms with E-state index in [0.29, 0.717) is 12.8 Å². The first-order valence-electron chi connectivity index (χ1n) is 4.49. The molecule has 1 aliphatic rings. The van der Waals surface area contributed by atoms with Gasteiger partial charge in [-0.25, -0.2) is 0 Å². The van der Waals surface area contributed by atoms with Crippen molar-refractivity contribution in [1.82, 2.24) is 0 Å². The summed E-state index contributed by atoms with van der Waals surface area (Å²) in [5.41, 5.74) is 1.27. The first-order valence-corrected chi connectivity index (χ1v) is 4.49. The Morgan fingerprint density at radius 1 is 1.33 bits per heavy atom. The van der Waals surface area contributed by atoms with Crippen molar-refractivity contribution < 1.29 is 9.59 Å². The van der Waals surface area contributed by atoms with Crippen molar-refractivity contribution in [2.24, 2.45) is 0 Å². The fraction of sp³-hybridized carbons (Fsp3) is 0.600. The molecule has 0 bridgehead atoms. The molecule has 0 spiro atoms. The van der Waals surface area contributed by atoms with Crippen LogP contribution in [0.3, 0.4) is 0 Å². The predicted molar refractivity (Wildman–Crippen MR) is 46.9 cm³/mol. The number of carbonyl (C=O) groups excluding carboxylic acids is 2. The van der Waals surface area contributed by atoms with E-state index in [-0.39, 0.29) is 5.78 Å². The van der Waals surface area contributed by atoms with E-state index in [4.69, 9.17) is 0 Å². The summed E-state index contributed by atoms with van der Waals surface area (Å²) < 4.78 is 0. The van der Waals surface area contributed by atoms with E-state index >= 15 is 0 Å². The van der Waals surface area contributed by atoms with E-state index in [2.05, 4.69) is 0 Å². The van der Waals surface area contributed by atoms with Crippen molar-refractivity contribution in [2.75, 3.05) is 0 Å². The van der Waals surface area contributed by atoms with E-state index in [1.165, 1.54) is 5.57 Å². The van der Waals surface area contributed by atoms with Gasteiger partial charge >= 0.3 is 0 Å². The van der Waals surface area contributed by atoms with Gasteiger partial charge in [0, 0.05) is 12.8 Å². The highest BCUT2D eigenvalue weighted by molar-refractivity contribution is 5.92. The summed E-state index contributed by atoms with van der Waals surface area (Å²) in [4.78, 5) is 20.8. The summed E-state index contributed by atoms with van der Waals surface area (Å²) in [7, 11) is 0. The molecule has 66 valence electrons. The van der Waals surface area contributed by atoms with Crippen molar-refractivity contribution in [2.45, 2.75) is 38.5 Å². The van der Waals surface area contributed by atoms with Gasteiger partial charge in [0.25, 0.3) is 0 Å². The zero-order valence-corrected chi connectivity index (χ0v) is 7.21. The van der Waals surface area contributed by atoms with Gasteiger partial charge in [-0.3, -0.25) is 4.79 Å². The highest BCUT2D eigenvalue weighted by Gasteiger charge is 2.10. The fourth-order valence-corrected chi connectivity index (χ4v) is 1.43. The van der Waals surface area contributed by atoms with Crippen molar-refractivity contribution in [1.29, 1.82) is 0 Å². The van der Waals surface area contributed by atoms with Crippen LogP contribution in [0, 0.1) is 0 Å². The molecule has 2 heteroatoms. The second-order valence-electron chi connectivity index (χ2n) is 3.18.